The van der Waals surface area contributed by atoms with E-state index in [1.807, 2.05) is 12.3 Å². The second kappa shape index (κ2) is 6.79. The molecule has 0 aromatic carbocycles. The first kappa shape index (κ1) is 17.5. The maximum absolute atomic E-state index is 14.4. The molecule has 4 heterocycles. The molecule has 146 valence electrons. The Kier molecular flexibility index (Phi) is 4.25. The number of fused-ring (bicyclic) bond motifs is 1. The van der Waals surface area contributed by atoms with Gasteiger partial charge in [0.2, 0.25) is 5.95 Å². The topological polar surface area (TPSA) is 84.6 Å². The number of ether oxygens (including phenoxy) is 1. The predicted molar refractivity (Wildman–Crippen MR) is 102 cm³/mol. The lowest BCUT2D eigenvalue weighted by Gasteiger charge is -2.28. The third kappa shape index (κ3) is 3.12. The smallest absolute Gasteiger partial charge is 0.241 e. The fraction of sp³-hybridized carbons (Fsp3) is 0.450. The average Bonchev–Trinajstić information content (AvgIpc) is 3.35. The summed E-state index contributed by atoms with van der Waals surface area (Å²) in [6.45, 7) is 3.07. The third-order valence-electron chi connectivity index (χ3n) is 5.70. The molecule has 2 aliphatic rings. The number of aliphatic hydroxyl groups excluding tert-OH is 1. The highest BCUT2D eigenvalue weighted by Crippen LogP contribution is 2.46. The lowest BCUT2D eigenvalue weighted by molar-refractivity contribution is -0.0136. The second-order valence-electron chi connectivity index (χ2n) is 7.73. The van der Waals surface area contributed by atoms with E-state index in [0.717, 1.165) is 0 Å². The van der Waals surface area contributed by atoms with Crippen LogP contribution in [-0.2, 0) is 4.74 Å². The maximum atomic E-state index is 14.4. The van der Waals surface area contributed by atoms with Crippen LogP contribution < -0.4 is 5.32 Å². The SMILES string of the molecule is C[C@@H]1CC1c1ccc(-c2cc(F)c3cnc(N[C@@H]4CCOC[C@H]4O)nn23)nc1. The van der Waals surface area contributed by atoms with Crippen LogP contribution in [0.15, 0.2) is 30.6 Å². The number of anilines is 1. The van der Waals surface area contributed by atoms with Crippen LogP contribution in [0, 0.1) is 11.7 Å². The lowest BCUT2D eigenvalue weighted by Crippen LogP contribution is -2.42. The maximum Gasteiger partial charge on any atom is 0.241 e. The van der Waals surface area contributed by atoms with Crippen molar-refractivity contribution in [3.05, 3.63) is 42.0 Å². The van der Waals surface area contributed by atoms with Gasteiger partial charge in [-0.2, -0.15) is 0 Å². The average molecular weight is 383 g/mol. The minimum absolute atomic E-state index is 0.201. The quantitative estimate of drug-likeness (QED) is 0.721. The molecule has 2 N–H and O–H groups in total. The van der Waals surface area contributed by atoms with Gasteiger partial charge in [-0.25, -0.2) is 13.9 Å². The number of aromatic nitrogens is 4. The molecule has 0 bridgehead atoms. The molecule has 0 amide bonds. The number of pyridine rings is 1. The first-order valence-electron chi connectivity index (χ1n) is 9.63. The molecule has 0 spiro atoms. The Morgan fingerprint density at radius 1 is 1.29 bits per heavy atom. The molecule has 1 aliphatic heterocycles. The fourth-order valence-corrected chi connectivity index (χ4v) is 3.82. The van der Waals surface area contributed by atoms with Crippen molar-refractivity contribution in [2.24, 2.45) is 5.92 Å². The van der Waals surface area contributed by atoms with Crippen molar-refractivity contribution in [3.63, 3.8) is 0 Å². The van der Waals surface area contributed by atoms with Crippen LogP contribution in [0.4, 0.5) is 10.3 Å². The van der Waals surface area contributed by atoms with Crippen molar-refractivity contribution < 1.29 is 14.2 Å². The van der Waals surface area contributed by atoms with Gasteiger partial charge in [-0.3, -0.25) is 4.98 Å². The van der Waals surface area contributed by atoms with E-state index >= 15 is 0 Å². The van der Waals surface area contributed by atoms with Crippen LogP contribution >= 0.6 is 0 Å². The van der Waals surface area contributed by atoms with Crippen LogP contribution in [0.1, 0.15) is 31.2 Å². The van der Waals surface area contributed by atoms with E-state index in [-0.39, 0.29) is 18.2 Å². The molecule has 1 unspecified atom stereocenters. The molecule has 1 aliphatic carbocycles. The van der Waals surface area contributed by atoms with Gasteiger partial charge >= 0.3 is 0 Å². The molecule has 0 radical (unpaired) electrons. The van der Waals surface area contributed by atoms with Crippen molar-refractivity contribution in [2.45, 2.75) is 37.8 Å². The Hall–Kier alpha value is -2.58. The summed E-state index contributed by atoms with van der Waals surface area (Å²) in [5.41, 5.74) is 2.74. The summed E-state index contributed by atoms with van der Waals surface area (Å²) in [6.07, 6.45) is 4.54. The Morgan fingerprint density at radius 2 is 2.14 bits per heavy atom. The Bertz CT molecular complexity index is 1010. The highest BCUT2D eigenvalue weighted by molar-refractivity contribution is 5.64. The fourth-order valence-electron chi connectivity index (χ4n) is 3.82. The number of halogens is 1. The van der Waals surface area contributed by atoms with Gasteiger partial charge in [0.15, 0.2) is 5.82 Å². The summed E-state index contributed by atoms with van der Waals surface area (Å²) < 4.78 is 21.2. The van der Waals surface area contributed by atoms with Gasteiger partial charge in [0.05, 0.1) is 36.3 Å². The summed E-state index contributed by atoms with van der Waals surface area (Å²) in [7, 11) is 0. The minimum atomic E-state index is -0.632. The van der Waals surface area contributed by atoms with E-state index < -0.39 is 11.9 Å². The minimum Gasteiger partial charge on any atom is -0.389 e. The van der Waals surface area contributed by atoms with Gasteiger partial charge < -0.3 is 15.2 Å². The lowest BCUT2D eigenvalue weighted by atomic mass is 10.1. The second-order valence-corrected chi connectivity index (χ2v) is 7.73. The molecular weight excluding hydrogens is 361 g/mol. The van der Waals surface area contributed by atoms with E-state index in [1.54, 1.807) is 0 Å². The highest BCUT2D eigenvalue weighted by Gasteiger charge is 2.34. The summed E-state index contributed by atoms with van der Waals surface area (Å²) in [5.74, 6) is 1.24. The van der Waals surface area contributed by atoms with Crippen molar-refractivity contribution >= 4 is 11.5 Å². The summed E-state index contributed by atoms with van der Waals surface area (Å²) in [5, 5.41) is 17.6. The van der Waals surface area contributed by atoms with Crippen LogP contribution in [-0.4, -0.2) is 50.0 Å². The monoisotopic (exact) mass is 383 g/mol. The molecule has 8 heteroatoms. The van der Waals surface area contributed by atoms with Crippen molar-refractivity contribution in [3.8, 4) is 11.4 Å². The van der Waals surface area contributed by atoms with Crippen molar-refractivity contribution in [1.82, 2.24) is 19.6 Å². The predicted octanol–water partition coefficient (Wildman–Crippen LogP) is 2.62. The zero-order valence-electron chi connectivity index (χ0n) is 15.5. The van der Waals surface area contributed by atoms with Crippen LogP contribution in [0.25, 0.3) is 16.9 Å². The molecule has 7 nitrogen and oxygen atoms in total. The van der Waals surface area contributed by atoms with Gasteiger partial charge in [0.25, 0.3) is 0 Å². The first-order chi connectivity index (χ1) is 13.6. The van der Waals surface area contributed by atoms with Crippen LogP contribution in [0.5, 0.6) is 0 Å². The number of hydrogen-bond acceptors (Lipinski definition) is 6. The molecule has 3 aromatic heterocycles. The van der Waals surface area contributed by atoms with Crippen LogP contribution in [0.3, 0.4) is 0 Å². The first-order valence-corrected chi connectivity index (χ1v) is 9.63. The summed E-state index contributed by atoms with van der Waals surface area (Å²) in [6, 6.07) is 5.21. The van der Waals surface area contributed by atoms with Crippen LogP contribution in [0.2, 0.25) is 0 Å². The van der Waals surface area contributed by atoms with Gasteiger partial charge in [-0.15, -0.1) is 5.10 Å². The van der Waals surface area contributed by atoms with E-state index in [9.17, 15) is 9.50 Å². The molecule has 5 rings (SSSR count). The number of nitrogens with one attached hydrogen (secondary N) is 1. The third-order valence-corrected chi connectivity index (χ3v) is 5.70. The standard InChI is InChI=1S/C20H22FN5O2/c1-11-6-13(11)12-2-3-15(22-8-12)17-7-14(21)18-9-23-20(25-26(17)18)24-16-4-5-28-10-19(16)27/h2-3,7-9,11,13,16,19,27H,4-6,10H2,1H3,(H,24,25)/t11-,13?,16-,19-/m1/s1. The highest BCUT2D eigenvalue weighted by atomic mass is 19.1. The number of nitrogens with zero attached hydrogens (tertiary/aromatic N) is 4. The Balaban J connectivity index is 1.47. The molecule has 2 fully saturated rings. The van der Waals surface area contributed by atoms with E-state index in [0.29, 0.717) is 42.2 Å². The van der Waals surface area contributed by atoms with Gasteiger partial charge in [-0.1, -0.05) is 13.0 Å². The Morgan fingerprint density at radius 3 is 2.86 bits per heavy atom. The zero-order valence-corrected chi connectivity index (χ0v) is 15.5. The molecular formula is C20H22FN5O2. The largest absolute Gasteiger partial charge is 0.389 e. The number of aliphatic hydroxyl groups is 1. The Labute approximate surface area is 161 Å². The van der Waals surface area contributed by atoms with E-state index in [4.69, 9.17) is 4.74 Å². The number of hydrogen-bond donors (Lipinski definition) is 2. The number of rotatable bonds is 4. The van der Waals surface area contributed by atoms with Gasteiger partial charge in [0, 0.05) is 18.9 Å². The van der Waals surface area contributed by atoms with E-state index in [1.165, 1.54) is 28.8 Å². The van der Waals surface area contributed by atoms with Gasteiger partial charge in [0.1, 0.15) is 5.52 Å². The molecule has 1 saturated heterocycles. The molecule has 3 aromatic rings. The zero-order chi connectivity index (χ0) is 19.3. The molecule has 28 heavy (non-hydrogen) atoms. The summed E-state index contributed by atoms with van der Waals surface area (Å²) >= 11 is 0. The molecule has 1 saturated carbocycles. The van der Waals surface area contributed by atoms with Crippen molar-refractivity contribution in [1.29, 1.82) is 0 Å². The van der Waals surface area contributed by atoms with E-state index in [2.05, 4.69) is 33.4 Å². The van der Waals surface area contributed by atoms with Gasteiger partial charge in [-0.05, 0) is 36.3 Å². The normalized spacial score (nSPS) is 27.1. The summed E-state index contributed by atoms with van der Waals surface area (Å²) in [4.78, 5) is 8.74. The molecule has 4 atom stereocenters. The van der Waals surface area contributed by atoms with Crippen molar-refractivity contribution in [2.75, 3.05) is 18.5 Å².